The number of allylic oxidation sites excluding steroid dienone is 7. The highest BCUT2D eigenvalue weighted by Gasteiger charge is 2.27. The summed E-state index contributed by atoms with van der Waals surface area (Å²) < 4.78 is 34.0. The summed E-state index contributed by atoms with van der Waals surface area (Å²) in [5, 5.41) is 30.5. The van der Waals surface area contributed by atoms with E-state index in [0.29, 0.717) is 23.9 Å². The zero-order valence-electron chi connectivity index (χ0n) is 37.3. The summed E-state index contributed by atoms with van der Waals surface area (Å²) in [4.78, 5) is 35.4. The molecule has 0 heterocycles. The van der Waals surface area contributed by atoms with Crippen LogP contribution in [0.2, 0.25) is 0 Å². The maximum atomic E-state index is 12.7. The molecule has 59 heavy (non-hydrogen) atoms. The fourth-order valence-electron chi connectivity index (χ4n) is 5.77. The van der Waals surface area contributed by atoms with Crippen LogP contribution in [0.4, 0.5) is 0 Å². The summed E-state index contributed by atoms with van der Waals surface area (Å²) in [5.74, 6) is -1.13. The van der Waals surface area contributed by atoms with E-state index in [9.17, 15) is 34.4 Å². The first-order valence-corrected chi connectivity index (χ1v) is 23.8. The van der Waals surface area contributed by atoms with Crippen molar-refractivity contribution in [2.24, 2.45) is 0 Å². The number of carbonyl (C=O) groups is 2. The number of hydrogen-bond acceptors (Lipinski definition) is 10. The number of unbranched alkanes of at least 4 members (excludes halogenated alkanes) is 14. The first-order chi connectivity index (χ1) is 28.2. The molecule has 5 atom stereocenters. The Morgan fingerprint density at radius 2 is 1.17 bits per heavy atom. The first-order valence-electron chi connectivity index (χ1n) is 22.3. The van der Waals surface area contributed by atoms with Gasteiger partial charge >= 0.3 is 19.8 Å². The van der Waals surface area contributed by atoms with E-state index in [1.807, 2.05) is 40.2 Å². The topological polar surface area (TPSA) is 169 Å². The summed E-state index contributed by atoms with van der Waals surface area (Å²) in [7, 11) is 1.28. The first kappa shape index (κ1) is 56.6. The molecule has 13 heteroatoms. The van der Waals surface area contributed by atoms with Crippen LogP contribution in [0.1, 0.15) is 149 Å². The smallest absolute Gasteiger partial charge is 0.462 e. The highest BCUT2D eigenvalue weighted by Crippen LogP contribution is 2.43. The lowest BCUT2D eigenvalue weighted by Gasteiger charge is -2.24. The van der Waals surface area contributed by atoms with E-state index < -0.39 is 50.8 Å². The second kappa shape index (κ2) is 37.4. The molecular formula is C46H83NO11P+. The predicted octanol–water partition coefficient (Wildman–Crippen LogP) is 9.38. The summed E-state index contributed by atoms with van der Waals surface area (Å²) in [6, 6.07) is 0. The van der Waals surface area contributed by atoms with E-state index in [1.54, 1.807) is 42.5 Å². The Kier molecular flexibility index (Phi) is 35.8. The highest BCUT2D eigenvalue weighted by atomic mass is 31.2. The summed E-state index contributed by atoms with van der Waals surface area (Å²) >= 11 is 0. The van der Waals surface area contributed by atoms with E-state index >= 15 is 0 Å². The van der Waals surface area contributed by atoms with Gasteiger partial charge in [-0.05, 0) is 32.1 Å². The van der Waals surface area contributed by atoms with E-state index in [2.05, 4.69) is 6.92 Å². The second-order valence-corrected chi connectivity index (χ2v) is 17.7. The molecule has 0 fully saturated rings. The maximum Gasteiger partial charge on any atom is 0.472 e. The van der Waals surface area contributed by atoms with Crippen molar-refractivity contribution in [3.05, 3.63) is 60.8 Å². The molecule has 0 saturated heterocycles. The van der Waals surface area contributed by atoms with Gasteiger partial charge in [-0.15, -0.1) is 0 Å². The van der Waals surface area contributed by atoms with E-state index in [0.717, 1.165) is 25.7 Å². The third-order valence-corrected chi connectivity index (χ3v) is 10.4. The Morgan fingerprint density at radius 3 is 1.73 bits per heavy atom. The molecule has 0 aliphatic rings. The number of aliphatic hydroxyl groups is 3. The molecule has 4 N–H and O–H groups in total. The van der Waals surface area contributed by atoms with Crippen LogP contribution in [0.5, 0.6) is 0 Å². The third-order valence-electron chi connectivity index (χ3n) is 9.40. The molecule has 0 radical (unpaired) electrons. The van der Waals surface area contributed by atoms with Crippen LogP contribution in [0.25, 0.3) is 0 Å². The van der Waals surface area contributed by atoms with Crippen molar-refractivity contribution in [3.63, 3.8) is 0 Å². The number of phosphoric ester groups is 1. The van der Waals surface area contributed by atoms with Gasteiger partial charge in [0.2, 0.25) is 0 Å². The Bertz CT molecular complexity index is 1240. The molecule has 0 bridgehead atoms. The van der Waals surface area contributed by atoms with Crippen LogP contribution in [-0.4, -0.2) is 109 Å². The normalized spacial score (nSPS) is 15.7. The maximum absolute atomic E-state index is 12.7. The number of phosphoric acid groups is 1. The lowest BCUT2D eigenvalue weighted by Crippen LogP contribution is -2.37. The molecule has 1 unspecified atom stereocenters. The van der Waals surface area contributed by atoms with E-state index in [1.165, 1.54) is 76.7 Å². The summed E-state index contributed by atoms with van der Waals surface area (Å²) in [5.41, 5.74) is 0. The fraction of sp³-hybridized carbons (Fsp3) is 0.739. The van der Waals surface area contributed by atoms with Crippen LogP contribution in [-0.2, 0) is 32.7 Å². The third kappa shape index (κ3) is 39.5. The average Bonchev–Trinajstić information content (AvgIpc) is 3.17. The standard InChI is InChI=1S/C46H82NO11P/c1-6-8-10-11-12-13-14-15-16-17-18-19-20-25-29-35-46(52)58-42(40-57-59(53,54)56-38-37-47(3,4)5)39-55-45(51)36-30-34-44(50)43(49)33-28-24-22-21-23-27-32-41(48)31-26-9-7-2/h9,21-24,26-28,32-33,41-44,48-50H,6-8,10-20,25,29-31,34-40H2,1-5H3/p+1/b23-21+,24-22-,26-9-,32-27+,33-28-/t41-,42-,43+,44+/m1/s1. The molecule has 0 spiro atoms. The van der Waals surface area contributed by atoms with Gasteiger partial charge in [-0.3, -0.25) is 18.6 Å². The fourth-order valence-corrected chi connectivity index (χ4v) is 6.51. The minimum Gasteiger partial charge on any atom is -0.462 e. The number of aliphatic hydroxyl groups excluding tert-OH is 3. The van der Waals surface area contributed by atoms with Crippen molar-refractivity contribution in [1.82, 2.24) is 0 Å². The molecule has 0 aromatic rings. The highest BCUT2D eigenvalue weighted by molar-refractivity contribution is 7.47. The zero-order valence-corrected chi connectivity index (χ0v) is 38.2. The van der Waals surface area contributed by atoms with Gasteiger partial charge in [-0.2, -0.15) is 0 Å². The van der Waals surface area contributed by atoms with Crippen molar-refractivity contribution >= 4 is 19.8 Å². The molecule has 0 saturated carbocycles. The average molecular weight is 857 g/mol. The molecule has 0 aliphatic carbocycles. The monoisotopic (exact) mass is 857 g/mol. The molecule has 0 aliphatic heterocycles. The van der Waals surface area contributed by atoms with Gasteiger partial charge in [0, 0.05) is 12.8 Å². The Hall–Kier alpha value is -2.41. The zero-order chi connectivity index (χ0) is 44.0. The molecule has 0 aromatic heterocycles. The number of nitrogens with zero attached hydrogens (tertiary/aromatic N) is 1. The van der Waals surface area contributed by atoms with Crippen LogP contribution in [0, 0.1) is 0 Å². The van der Waals surface area contributed by atoms with Gasteiger partial charge < -0.3 is 34.2 Å². The number of carbonyl (C=O) groups excluding carboxylic acids is 2. The second-order valence-electron chi connectivity index (χ2n) is 16.3. The van der Waals surface area contributed by atoms with Crippen LogP contribution in [0.15, 0.2) is 60.8 Å². The number of ether oxygens (including phenoxy) is 2. The molecule has 0 rings (SSSR count). The lowest BCUT2D eigenvalue weighted by molar-refractivity contribution is -0.870. The van der Waals surface area contributed by atoms with Crippen molar-refractivity contribution in [2.75, 3.05) is 47.5 Å². The van der Waals surface area contributed by atoms with Crippen molar-refractivity contribution in [2.45, 2.75) is 173 Å². The number of hydrogen-bond donors (Lipinski definition) is 4. The number of rotatable bonds is 39. The molecule has 12 nitrogen and oxygen atoms in total. The SMILES string of the molecule is CC/C=C\C[C@@H](O)/C=C/C=C/C=C\C=C/[C@H](O)[C@@H](O)CCCC(=O)OC[C@H](COP(=O)(O)OCC[N+](C)(C)C)OC(=O)CCCCCCCCCCCCCCCCC. The van der Waals surface area contributed by atoms with Gasteiger partial charge in [0.05, 0.1) is 46.1 Å². The number of esters is 2. The Balaban J connectivity index is 4.67. The van der Waals surface area contributed by atoms with Gasteiger partial charge in [0.1, 0.15) is 19.8 Å². The minimum absolute atomic E-state index is 0.0254. The van der Waals surface area contributed by atoms with Crippen LogP contribution < -0.4 is 0 Å². The largest absolute Gasteiger partial charge is 0.472 e. The van der Waals surface area contributed by atoms with Crippen molar-refractivity contribution in [3.8, 4) is 0 Å². The molecular weight excluding hydrogens is 773 g/mol. The van der Waals surface area contributed by atoms with Crippen molar-refractivity contribution < 1.29 is 57.4 Å². The molecule has 342 valence electrons. The van der Waals surface area contributed by atoms with Crippen LogP contribution >= 0.6 is 7.82 Å². The van der Waals surface area contributed by atoms with Crippen molar-refractivity contribution in [1.29, 1.82) is 0 Å². The quantitative estimate of drug-likeness (QED) is 0.0116. The summed E-state index contributed by atoms with van der Waals surface area (Å²) in [6.07, 6.45) is 33.6. The van der Waals surface area contributed by atoms with Gasteiger partial charge in [-0.1, -0.05) is 164 Å². The summed E-state index contributed by atoms with van der Waals surface area (Å²) in [6.45, 7) is 3.83. The minimum atomic E-state index is -4.46. The van der Waals surface area contributed by atoms with E-state index in [4.69, 9.17) is 18.5 Å². The predicted molar refractivity (Wildman–Crippen MR) is 237 cm³/mol. The lowest BCUT2D eigenvalue weighted by atomic mass is 10.0. The Labute approximate surface area is 357 Å². The Morgan fingerprint density at radius 1 is 0.644 bits per heavy atom. The molecule has 0 aromatic carbocycles. The van der Waals surface area contributed by atoms with E-state index in [-0.39, 0.29) is 38.9 Å². The molecule has 0 amide bonds. The van der Waals surface area contributed by atoms with Gasteiger partial charge in [0.25, 0.3) is 0 Å². The number of quaternary nitrogens is 1. The number of likely N-dealkylation sites (N-methyl/N-ethyl adjacent to an activating group) is 1. The van der Waals surface area contributed by atoms with Gasteiger partial charge in [-0.25, -0.2) is 4.57 Å². The van der Waals surface area contributed by atoms with Crippen LogP contribution in [0.3, 0.4) is 0 Å². The van der Waals surface area contributed by atoms with Gasteiger partial charge in [0.15, 0.2) is 6.10 Å².